The minimum absolute atomic E-state index is 0.184. The molecule has 0 aromatic heterocycles. The molecule has 78 valence electrons. The molecular formula is C5H14N4O3S. The third-order valence-corrected chi connectivity index (χ3v) is 2.16. The van der Waals surface area contributed by atoms with E-state index in [1.165, 1.54) is 7.11 Å². The van der Waals surface area contributed by atoms with Gasteiger partial charge < -0.3 is 10.5 Å². The van der Waals surface area contributed by atoms with Gasteiger partial charge in [-0.25, -0.2) is 0 Å². The molecule has 7 nitrogen and oxygen atoms in total. The molecule has 0 atom stereocenters. The molecule has 0 unspecified atom stereocenters. The van der Waals surface area contributed by atoms with E-state index in [1.807, 2.05) is 0 Å². The SMILES string of the molecule is COCCNS(=O)(=O)NCC(=N)N. The van der Waals surface area contributed by atoms with Crippen LogP contribution in [0.4, 0.5) is 0 Å². The van der Waals surface area contributed by atoms with Gasteiger partial charge in [0.1, 0.15) is 5.84 Å². The minimum atomic E-state index is -3.55. The molecule has 0 spiro atoms. The van der Waals surface area contributed by atoms with E-state index in [9.17, 15) is 8.42 Å². The van der Waals surface area contributed by atoms with E-state index in [2.05, 4.69) is 14.2 Å². The lowest BCUT2D eigenvalue weighted by atomic mass is 10.6. The van der Waals surface area contributed by atoms with E-state index in [-0.39, 0.29) is 18.9 Å². The highest BCUT2D eigenvalue weighted by Crippen LogP contribution is 1.75. The summed E-state index contributed by atoms with van der Waals surface area (Å²) in [6.07, 6.45) is 0. The van der Waals surface area contributed by atoms with E-state index >= 15 is 0 Å². The monoisotopic (exact) mass is 210 g/mol. The number of rotatable bonds is 7. The normalized spacial score (nSPS) is 11.5. The zero-order valence-electron chi connectivity index (χ0n) is 7.33. The predicted molar refractivity (Wildman–Crippen MR) is 48.7 cm³/mol. The van der Waals surface area contributed by atoms with Gasteiger partial charge in [-0.15, -0.1) is 0 Å². The molecule has 0 rings (SSSR count). The van der Waals surface area contributed by atoms with Gasteiger partial charge in [-0.1, -0.05) is 0 Å². The Hall–Kier alpha value is -0.700. The van der Waals surface area contributed by atoms with Crippen molar-refractivity contribution >= 4 is 16.0 Å². The molecular weight excluding hydrogens is 196 g/mol. The van der Waals surface area contributed by atoms with Crippen molar-refractivity contribution in [2.24, 2.45) is 5.73 Å². The first-order valence-electron chi connectivity index (χ1n) is 3.54. The Bertz CT molecular complexity index is 251. The average molecular weight is 210 g/mol. The second-order valence-electron chi connectivity index (χ2n) is 2.24. The summed E-state index contributed by atoms with van der Waals surface area (Å²) in [5, 5.41) is 6.79. The van der Waals surface area contributed by atoms with Gasteiger partial charge in [-0.05, 0) is 0 Å². The van der Waals surface area contributed by atoms with Crippen LogP contribution >= 0.6 is 0 Å². The maximum atomic E-state index is 11.0. The molecule has 0 heterocycles. The number of nitrogens with one attached hydrogen (secondary N) is 3. The lowest BCUT2D eigenvalue weighted by Crippen LogP contribution is -2.41. The van der Waals surface area contributed by atoms with Crippen LogP contribution in [0.15, 0.2) is 0 Å². The van der Waals surface area contributed by atoms with E-state index < -0.39 is 10.2 Å². The topological polar surface area (TPSA) is 117 Å². The fourth-order valence-corrected chi connectivity index (χ4v) is 1.30. The highest BCUT2D eigenvalue weighted by atomic mass is 32.2. The van der Waals surface area contributed by atoms with Crippen molar-refractivity contribution in [2.45, 2.75) is 0 Å². The van der Waals surface area contributed by atoms with Crippen molar-refractivity contribution < 1.29 is 13.2 Å². The fourth-order valence-electron chi connectivity index (χ4n) is 0.502. The zero-order valence-corrected chi connectivity index (χ0v) is 8.15. The largest absolute Gasteiger partial charge is 0.387 e. The standard InChI is InChI=1S/C5H14N4O3S/c1-12-3-2-8-13(10,11)9-4-5(6)7/h8-9H,2-4H2,1H3,(H3,6,7). The second-order valence-corrected chi connectivity index (χ2v) is 3.82. The van der Waals surface area contributed by atoms with Gasteiger partial charge in [-0.2, -0.15) is 17.9 Å². The zero-order chi connectivity index (χ0) is 10.3. The highest BCUT2D eigenvalue weighted by molar-refractivity contribution is 7.87. The number of hydrogen-bond donors (Lipinski definition) is 4. The van der Waals surface area contributed by atoms with Crippen LogP contribution in [0.1, 0.15) is 0 Å². The van der Waals surface area contributed by atoms with Crippen LogP contribution in [0.3, 0.4) is 0 Å². The average Bonchev–Trinajstić information content (AvgIpc) is 2.02. The smallest absolute Gasteiger partial charge is 0.277 e. The Morgan fingerprint density at radius 1 is 1.54 bits per heavy atom. The molecule has 0 aliphatic heterocycles. The maximum Gasteiger partial charge on any atom is 0.277 e. The molecule has 5 N–H and O–H groups in total. The van der Waals surface area contributed by atoms with Crippen molar-refractivity contribution in [1.82, 2.24) is 9.44 Å². The van der Waals surface area contributed by atoms with Gasteiger partial charge in [0.25, 0.3) is 10.2 Å². The number of methoxy groups -OCH3 is 1. The van der Waals surface area contributed by atoms with Crippen molar-refractivity contribution in [3.05, 3.63) is 0 Å². The first-order chi connectivity index (χ1) is 5.98. The predicted octanol–water partition coefficient (Wildman–Crippen LogP) is -2.01. The molecule has 0 aromatic carbocycles. The summed E-state index contributed by atoms with van der Waals surface area (Å²) in [5.74, 6) is -0.239. The third kappa shape index (κ3) is 7.65. The van der Waals surface area contributed by atoms with E-state index in [0.29, 0.717) is 6.61 Å². The van der Waals surface area contributed by atoms with Gasteiger partial charge >= 0.3 is 0 Å². The summed E-state index contributed by atoms with van der Waals surface area (Å²) < 4.78 is 30.9. The van der Waals surface area contributed by atoms with Crippen molar-refractivity contribution in [2.75, 3.05) is 26.8 Å². The Morgan fingerprint density at radius 3 is 2.62 bits per heavy atom. The summed E-state index contributed by atoms with van der Waals surface area (Å²) in [6.45, 7) is 0.285. The molecule has 0 amide bonds. The van der Waals surface area contributed by atoms with Crippen LogP contribution in [-0.4, -0.2) is 41.1 Å². The minimum Gasteiger partial charge on any atom is -0.387 e. The molecule has 0 aromatic rings. The number of amidine groups is 1. The third-order valence-electron chi connectivity index (χ3n) is 1.05. The quantitative estimate of drug-likeness (QED) is 0.221. The molecule has 0 aliphatic rings. The first kappa shape index (κ1) is 12.3. The summed E-state index contributed by atoms with van der Waals surface area (Å²) in [7, 11) is -2.08. The van der Waals surface area contributed by atoms with Crippen molar-refractivity contribution in [1.29, 1.82) is 5.41 Å². The molecule has 0 aliphatic carbocycles. The Balaban J connectivity index is 3.74. The molecule has 0 fully saturated rings. The Morgan fingerprint density at radius 2 is 2.15 bits per heavy atom. The fraction of sp³-hybridized carbons (Fsp3) is 0.800. The van der Waals surface area contributed by atoms with E-state index in [4.69, 9.17) is 11.1 Å². The van der Waals surface area contributed by atoms with Crippen LogP contribution in [0.5, 0.6) is 0 Å². The lowest BCUT2D eigenvalue weighted by Gasteiger charge is -2.06. The number of hydrogen-bond acceptors (Lipinski definition) is 4. The molecule has 0 saturated heterocycles. The van der Waals surface area contributed by atoms with E-state index in [1.54, 1.807) is 0 Å². The van der Waals surface area contributed by atoms with Gasteiger partial charge in [-0.3, -0.25) is 5.41 Å². The number of nitrogens with two attached hydrogens (primary N) is 1. The molecule has 8 heteroatoms. The first-order valence-corrected chi connectivity index (χ1v) is 5.02. The molecule has 0 radical (unpaired) electrons. The number of ether oxygens (including phenoxy) is 1. The molecule has 0 bridgehead atoms. The van der Waals surface area contributed by atoms with Crippen LogP contribution in [0, 0.1) is 5.41 Å². The van der Waals surface area contributed by atoms with Crippen LogP contribution in [0.2, 0.25) is 0 Å². The molecule has 0 saturated carbocycles. The maximum absolute atomic E-state index is 11.0. The van der Waals surface area contributed by atoms with E-state index in [0.717, 1.165) is 0 Å². The van der Waals surface area contributed by atoms with Crippen LogP contribution in [0.25, 0.3) is 0 Å². The summed E-state index contributed by atoms with van der Waals surface area (Å²) >= 11 is 0. The van der Waals surface area contributed by atoms with Gasteiger partial charge in [0.15, 0.2) is 0 Å². The molecule has 13 heavy (non-hydrogen) atoms. The summed E-state index contributed by atoms with van der Waals surface area (Å²) in [4.78, 5) is 0. The van der Waals surface area contributed by atoms with Gasteiger partial charge in [0.05, 0.1) is 13.2 Å². The van der Waals surface area contributed by atoms with Gasteiger partial charge in [0, 0.05) is 13.7 Å². The second kappa shape index (κ2) is 5.86. The van der Waals surface area contributed by atoms with Crippen molar-refractivity contribution in [3.8, 4) is 0 Å². The Labute approximate surface area is 77.3 Å². The summed E-state index contributed by atoms with van der Waals surface area (Å²) in [5.41, 5.74) is 4.96. The summed E-state index contributed by atoms with van der Waals surface area (Å²) in [6, 6.07) is 0. The van der Waals surface area contributed by atoms with Crippen LogP contribution in [-0.2, 0) is 14.9 Å². The lowest BCUT2D eigenvalue weighted by molar-refractivity contribution is 0.204. The highest BCUT2D eigenvalue weighted by Gasteiger charge is 2.07. The Kier molecular flexibility index (Phi) is 5.55. The van der Waals surface area contributed by atoms with Gasteiger partial charge in [0.2, 0.25) is 0 Å². The van der Waals surface area contributed by atoms with Crippen LogP contribution < -0.4 is 15.2 Å². The van der Waals surface area contributed by atoms with Crippen molar-refractivity contribution in [3.63, 3.8) is 0 Å².